The number of thiazole rings is 1. The number of aromatic amines is 1. The fourth-order valence-corrected chi connectivity index (χ4v) is 6.86. The van der Waals surface area contributed by atoms with Crippen LogP contribution in [0.15, 0.2) is 42.5 Å². The lowest BCUT2D eigenvalue weighted by Gasteiger charge is -2.23. The largest absolute Gasteiger partial charge is 0.465 e. The van der Waals surface area contributed by atoms with E-state index in [9.17, 15) is 14.9 Å². The van der Waals surface area contributed by atoms with E-state index in [-0.39, 0.29) is 16.5 Å². The number of nitrogens with one attached hydrogen (secondary N) is 1. The predicted octanol–water partition coefficient (Wildman–Crippen LogP) is 7.87. The standard InChI is InChI=1S/C30H28N4O4S/c1-16-29(39-17(2)31-16)24-14-11-21-23(32-24)13-12-22(28(21)34(36)37)27-26(18-7-5-4-6-8-18)20-10-9-19(30(35)38-3)15-25(20)33-27/h9-15,18,33H,4-8H2,1-3H3. The number of ether oxygens (including phenoxy) is 1. The SMILES string of the molecule is COC(=O)c1ccc2c(C3CCCCC3)c(-c3ccc4nc(-c5sc(C)nc5C)ccc4c3[N+](=O)[O-])[nH]c2c1. The van der Waals surface area contributed by atoms with Gasteiger partial charge in [0.2, 0.25) is 0 Å². The topological polar surface area (TPSA) is 111 Å². The summed E-state index contributed by atoms with van der Waals surface area (Å²) in [5.41, 5.74) is 5.82. The Balaban J connectivity index is 1.57. The maximum absolute atomic E-state index is 12.6. The van der Waals surface area contributed by atoms with Crippen molar-refractivity contribution >= 4 is 44.8 Å². The van der Waals surface area contributed by atoms with Crippen LogP contribution in [0, 0.1) is 24.0 Å². The van der Waals surface area contributed by atoms with E-state index >= 15 is 0 Å². The normalized spacial score (nSPS) is 14.2. The van der Waals surface area contributed by atoms with Gasteiger partial charge in [-0.3, -0.25) is 10.1 Å². The third-order valence-electron chi connectivity index (χ3n) is 7.70. The summed E-state index contributed by atoms with van der Waals surface area (Å²) in [6.45, 7) is 3.91. The maximum atomic E-state index is 12.6. The molecule has 0 aliphatic heterocycles. The van der Waals surface area contributed by atoms with Crippen LogP contribution in [0.5, 0.6) is 0 Å². The Morgan fingerprint density at radius 3 is 2.51 bits per heavy atom. The second-order valence-electron chi connectivity index (χ2n) is 10.1. The number of aryl methyl sites for hydroxylation is 2. The lowest BCUT2D eigenvalue weighted by molar-refractivity contribution is -0.382. The van der Waals surface area contributed by atoms with Gasteiger partial charge in [0.1, 0.15) is 0 Å². The summed E-state index contributed by atoms with van der Waals surface area (Å²) in [5.74, 6) is -0.142. The Hall–Kier alpha value is -4.11. The second kappa shape index (κ2) is 9.89. The molecule has 8 nitrogen and oxygen atoms in total. The molecule has 2 aromatic carbocycles. The number of benzene rings is 2. The fraction of sp³-hybridized carbons (Fsp3) is 0.300. The van der Waals surface area contributed by atoms with E-state index in [0.29, 0.717) is 22.0 Å². The molecule has 5 aromatic rings. The molecule has 1 N–H and O–H groups in total. The van der Waals surface area contributed by atoms with Crippen molar-refractivity contribution in [1.29, 1.82) is 0 Å². The Morgan fingerprint density at radius 2 is 1.82 bits per heavy atom. The smallest absolute Gasteiger partial charge is 0.337 e. The minimum absolute atomic E-state index is 0.0283. The van der Waals surface area contributed by atoms with Crippen molar-refractivity contribution in [2.75, 3.05) is 7.11 Å². The molecular weight excluding hydrogens is 512 g/mol. The Kier molecular flexibility index (Phi) is 6.38. The first-order valence-corrected chi connectivity index (χ1v) is 13.9. The zero-order valence-electron chi connectivity index (χ0n) is 22.0. The first-order chi connectivity index (χ1) is 18.9. The van der Waals surface area contributed by atoms with Crippen LogP contribution < -0.4 is 0 Å². The average molecular weight is 541 g/mol. The molecule has 6 rings (SSSR count). The van der Waals surface area contributed by atoms with Gasteiger partial charge in [-0.25, -0.2) is 14.8 Å². The summed E-state index contributed by atoms with van der Waals surface area (Å²) in [6.07, 6.45) is 5.50. The van der Waals surface area contributed by atoms with Crippen LogP contribution in [0.3, 0.4) is 0 Å². The predicted molar refractivity (Wildman–Crippen MR) is 153 cm³/mol. The Morgan fingerprint density at radius 1 is 1.05 bits per heavy atom. The number of carbonyl (C=O) groups is 1. The highest BCUT2D eigenvalue weighted by atomic mass is 32.1. The summed E-state index contributed by atoms with van der Waals surface area (Å²) in [5, 5.41) is 15.0. The molecule has 0 saturated heterocycles. The van der Waals surface area contributed by atoms with Crippen molar-refractivity contribution in [3.8, 4) is 21.8 Å². The molecule has 1 saturated carbocycles. The minimum Gasteiger partial charge on any atom is -0.465 e. The van der Waals surface area contributed by atoms with Gasteiger partial charge in [-0.1, -0.05) is 25.3 Å². The molecule has 1 aliphatic rings. The number of hydrogen-bond acceptors (Lipinski definition) is 7. The molecule has 3 aromatic heterocycles. The van der Waals surface area contributed by atoms with Gasteiger partial charge in [0, 0.05) is 10.9 Å². The third-order valence-corrected chi connectivity index (χ3v) is 8.80. The van der Waals surface area contributed by atoms with E-state index in [1.165, 1.54) is 13.5 Å². The minimum atomic E-state index is -0.419. The number of rotatable bonds is 5. The van der Waals surface area contributed by atoms with Crippen LogP contribution >= 0.6 is 11.3 Å². The lowest BCUT2D eigenvalue weighted by Crippen LogP contribution is -2.06. The monoisotopic (exact) mass is 540 g/mol. The van der Waals surface area contributed by atoms with Crippen LogP contribution in [-0.4, -0.2) is 33.0 Å². The van der Waals surface area contributed by atoms with Crippen molar-refractivity contribution in [3.05, 3.63) is 74.4 Å². The van der Waals surface area contributed by atoms with Crippen molar-refractivity contribution in [2.24, 2.45) is 0 Å². The van der Waals surface area contributed by atoms with E-state index in [4.69, 9.17) is 9.72 Å². The molecule has 1 aliphatic carbocycles. The highest BCUT2D eigenvalue weighted by Crippen LogP contribution is 2.46. The highest BCUT2D eigenvalue weighted by Gasteiger charge is 2.29. The first-order valence-electron chi connectivity index (χ1n) is 13.1. The number of aromatic nitrogens is 3. The zero-order valence-corrected chi connectivity index (χ0v) is 22.9. The summed E-state index contributed by atoms with van der Waals surface area (Å²) < 4.78 is 4.92. The van der Waals surface area contributed by atoms with Crippen LogP contribution in [0.25, 0.3) is 43.6 Å². The number of fused-ring (bicyclic) bond motifs is 2. The summed E-state index contributed by atoms with van der Waals surface area (Å²) in [7, 11) is 1.36. The molecule has 0 radical (unpaired) electrons. The van der Waals surface area contributed by atoms with Gasteiger partial charge in [-0.15, -0.1) is 11.3 Å². The van der Waals surface area contributed by atoms with Gasteiger partial charge >= 0.3 is 5.97 Å². The van der Waals surface area contributed by atoms with Gasteiger partial charge in [-0.05, 0) is 74.6 Å². The number of nitro groups is 1. The van der Waals surface area contributed by atoms with Gasteiger partial charge in [0.15, 0.2) is 0 Å². The van der Waals surface area contributed by atoms with Gasteiger partial charge in [0.05, 0.1) is 61.0 Å². The van der Waals surface area contributed by atoms with Gasteiger partial charge in [0.25, 0.3) is 5.69 Å². The number of hydrogen-bond donors (Lipinski definition) is 1. The molecule has 0 bridgehead atoms. The van der Waals surface area contributed by atoms with Crippen LogP contribution in [0.2, 0.25) is 0 Å². The quantitative estimate of drug-likeness (QED) is 0.138. The lowest BCUT2D eigenvalue weighted by atomic mass is 9.81. The molecule has 39 heavy (non-hydrogen) atoms. The van der Waals surface area contributed by atoms with E-state index < -0.39 is 5.97 Å². The molecule has 1 fully saturated rings. The van der Waals surface area contributed by atoms with Crippen LogP contribution in [0.4, 0.5) is 5.69 Å². The number of nitrogens with zero attached hydrogens (tertiary/aromatic N) is 3. The summed E-state index contributed by atoms with van der Waals surface area (Å²) in [4.78, 5) is 38.3. The van der Waals surface area contributed by atoms with Crippen molar-refractivity contribution in [2.45, 2.75) is 51.9 Å². The maximum Gasteiger partial charge on any atom is 0.337 e. The number of pyridine rings is 1. The van der Waals surface area contributed by atoms with Gasteiger partial charge < -0.3 is 9.72 Å². The molecule has 0 unspecified atom stereocenters. The number of methoxy groups -OCH3 is 1. The van der Waals surface area contributed by atoms with E-state index in [0.717, 1.165) is 69.1 Å². The number of nitro benzene ring substituents is 1. The third kappa shape index (κ3) is 4.36. The van der Waals surface area contributed by atoms with E-state index in [2.05, 4.69) is 9.97 Å². The first kappa shape index (κ1) is 25.2. The highest BCUT2D eigenvalue weighted by molar-refractivity contribution is 7.15. The average Bonchev–Trinajstić information content (AvgIpc) is 3.50. The molecule has 0 amide bonds. The van der Waals surface area contributed by atoms with Crippen molar-refractivity contribution < 1.29 is 14.5 Å². The van der Waals surface area contributed by atoms with E-state index in [1.807, 2.05) is 32.0 Å². The number of carbonyl (C=O) groups excluding carboxylic acids is 1. The zero-order chi connectivity index (χ0) is 27.3. The molecule has 0 spiro atoms. The van der Waals surface area contributed by atoms with Gasteiger partial charge in [-0.2, -0.15) is 0 Å². The molecular formula is C30H28N4O4S. The Labute approximate surface area is 229 Å². The van der Waals surface area contributed by atoms with Crippen LogP contribution in [0.1, 0.15) is 64.6 Å². The summed E-state index contributed by atoms with van der Waals surface area (Å²) >= 11 is 1.57. The molecule has 0 atom stereocenters. The fourth-order valence-electron chi connectivity index (χ4n) is 5.97. The Bertz CT molecular complexity index is 1760. The van der Waals surface area contributed by atoms with E-state index in [1.54, 1.807) is 35.6 Å². The molecule has 3 heterocycles. The van der Waals surface area contributed by atoms with Crippen molar-refractivity contribution in [1.82, 2.24) is 15.0 Å². The van der Waals surface area contributed by atoms with Crippen LogP contribution in [-0.2, 0) is 4.74 Å². The second-order valence-corrected chi connectivity index (χ2v) is 11.3. The molecule has 198 valence electrons. The molecule has 9 heteroatoms. The number of H-pyrrole nitrogens is 1. The van der Waals surface area contributed by atoms with Crippen molar-refractivity contribution in [3.63, 3.8) is 0 Å². The summed E-state index contributed by atoms with van der Waals surface area (Å²) in [6, 6.07) is 12.8. The number of esters is 1.